The summed E-state index contributed by atoms with van der Waals surface area (Å²) in [6.45, 7) is 7.04. The Morgan fingerprint density at radius 3 is 2.63 bits per heavy atom. The van der Waals surface area contributed by atoms with Crippen LogP contribution in [0.2, 0.25) is 0 Å². The number of unbranched alkanes of at least 4 members (excludes halogenated alkanes) is 3. The highest BCUT2D eigenvalue weighted by Crippen LogP contribution is 2.29. The molecular weight excluding hydrogens is 378 g/mol. The van der Waals surface area contributed by atoms with Gasteiger partial charge in [0.1, 0.15) is 0 Å². The number of hydrogen-bond acceptors (Lipinski definition) is 4. The van der Waals surface area contributed by atoms with Gasteiger partial charge in [-0.25, -0.2) is 0 Å². The van der Waals surface area contributed by atoms with Crippen molar-refractivity contribution in [2.45, 2.75) is 83.3 Å². The number of esters is 1. The Hall–Kier alpha value is -2.14. The Morgan fingerprint density at radius 1 is 1.23 bits per heavy atom. The van der Waals surface area contributed by atoms with Crippen LogP contribution in [-0.4, -0.2) is 47.2 Å². The Morgan fingerprint density at radius 2 is 1.93 bits per heavy atom. The van der Waals surface area contributed by atoms with Crippen LogP contribution in [0.25, 0.3) is 0 Å². The van der Waals surface area contributed by atoms with Crippen LogP contribution in [0.5, 0.6) is 0 Å². The van der Waals surface area contributed by atoms with Gasteiger partial charge in [0, 0.05) is 24.8 Å². The molecule has 1 aliphatic rings. The fourth-order valence-electron chi connectivity index (χ4n) is 3.90. The van der Waals surface area contributed by atoms with Crippen LogP contribution in [0.3, 0.4) is 0 Å². The number of nitrogens with zero attached hydrogens (tertiary/aromatic N) is 1. The van der Waals surface area contributed by atoms with Gasteiger partial charge in [0.15, 0.2) is 0 Å². The van der Waals surface area contributed by atoms with Gasteiger partial charge >= 0.3 is 5.97 Å². The maximum Gasteiger partial charge on any atom is 0.305 e. The van der Waals surface area contributed by atoms with Crippen LogP contribution in [-0.2, 0) is 19.7 Å². The van der Waals surface area contributed by atoms with Gasteiger partial charge in [0.05, 0.1) is 18.8 Å². The standard InChI is InChI=1S/C25H37NO4/c1-4-30-24(29)14-10-5-6-11-19-26-21(16-18-23(26)28)15-17-22(27)25(2,3)20-12-8-7-9-13-20/h7-9,12-13,15,17,21-22,27H,4-6,10-11,14,16,18-19H2,1-3H3/t21-,22?/m0/s1. The van der Waals surface area contributed by atoms with Crippen molar-refractivity contribution in [1.29, 1.82) is 0 Å². The van der Waals surface area contributed by atoms with Crippen LogP contribution in [0.4, 0.5) is 0 Å². The number of likely N-dealkylation sites (tertiary alicyclic amines) is 1. The van der Waals surface area contributed by atoms with Gasteiger partial charge < -0.3 is 14.7 Å². The number of aliphatic hydroxyl groups is 1. The summed E-state index contributed by atoms with van der Waals surface area (Å²) in [6.07, 6.45) is 8.77. The Bertz CT molecular complexity index is 698. The largest absolute Gasteiger partial charge is 0.466 e. The molecule has 1 heterocycles. The second-order valence-electron chi connectivity index (χ2n) is 8.58. The molecule has 5 nitrogen and oxygen atoms in total. The SMILES string of the molecule is CCOC(=O)CCCCCCN1C(=O)CC[C@@H]1C=CC(O)C(C)(C)c1ccccc1. The molecule has 1 saturated heterocycles. The quantitative estimate of drug-likeness (QED) is 0.312. The topological polar surface area (TPSA) is 66.8 Å². The highest BCUT2D eigenvalue weighted by molar-refractivity contribution is 5.79. The van der Waals surface area contributed by atoms with Gasteiger partial charge in [-0.1, -0.05) is 69.2 Å². The first-order valence-corrected chi connectivity index (χ1v) is 11.2. The highest BCUT2D eigenvalue weighted by Gasteiger charge is 2.31. The second-order valence-corrected chi connectivity index (χ2v) is 8.58. The van der Waals surface area contributed by atoms with E-state index in [1.807, 2.05) is 68.2 Å². The Labute approximate surface area is 181 Å². The normalized spacial score (nSPS) is 18.2. The van der Waals surface area contributed by atoms with E-state index in [1.165, 1.54) is 0 Å². The molecule has 1 fully saturated rings. The third-order valence-electron chi connectivity index (χ3n) is 5.98. The molecule has 1 aliphatic heterocycles. The molecule has 0 aromatic heterocycles. The molecule has 166 valence electrons. The van der Waals surface area contributed by atoms with E-state index < -0.39 is 11.5 Å². The third-order valence-corrected chi connectivity index (χ3v) is 5.98. The maximum absolute atomic E-state index is 12.3. The highest BCUT2D eigenvalue weighted by atomic mass is 16.5. The van der Waals surface area contributed by atoms with E-state index in [1.54, 1.807) is 0 Å². The lowest BCUT2D eigenvalue weighted by Gasteiger charge is -2.30. The van der Waals surface area contributed by atoms with Gasteiger partial charge in [-0.15, -0.1) is 0 Å². The first-order valence-electron chi connectivity index (χ1n) is 11.2. The van der Waals surface area contributed by atoms with Crippen molar-refractivity contribution in [3.8, 4) is 0 Å². The van der Waals surface area contributed by atoms with E-state index in [0.717, 1.165) is 44.2 Å². The van der Waals surface area contributed by atoms with Crippen LogP contribution in [0.15, 0.2) is 42.5 Å². The number of rotatable bonds is 12. The fourth-order valence-corrected chi connectivity index (χ4v) is 3.90. The number of aliphatic hydroxyl groups excluding tert-OH is 1. The molecule has 1 unspecified atom stereocenters. The predicted molar refractivity (Wildman–Crippen MR) is 119 cm³/mol. The lowest BCUT2D eigenvalue weighted by atomic mass is 9.79. The van der Waals surface area contributed by atoms with E-state index >= 15 is 0 Å². The first-order chi connectivity index (χ1) is 14.4. The summed E-state index contributed by atoms with van der Waals surface area (Å²) in [5.74, 6) is 0.0578. The average molecular weight is 416 g/mol. The van der Waals surface area contributed by atoms with Crippen LogP contribution in [0, 0.1) is 0 Å². The van der Waals surface area contributed by atoms with Crippen LogP contribution in [0.1, 0.15) is 71.3 Å². The van der Waals surface area contributed by atoms with Crippen molar-refractivity contribution < 1.29 is 19.4 Å². The van der Waals surface area contributed by atoms with Gasteiger partial charge in [-0.2, -0.15) is 0 Å². The van der Waals surface area contributed by atoms with Gasteiger partial charge in [0.25, 0.3) is 0 Å². The Kier molecular flexibility index (Phi) is 9.57. The van der Waals surface area contributed by atoms with Crippen LogP contribution < -0.4 is 0 Å². The van der Waals surface area contributed by atoms with Crippen molar-refractivity contribution in [3.05, 3.63) is 48.0 Å². The summed E-state index contributed by atoms with van der Waals surface area (Å²) in [5, 5.41) is 10.8. The second kappa shape index (κ2) is 11.9. The summed E-state index contributed by atoms with van der Waals surface area (Å²) in [5.41, 5.74) is 0.689. The average Bonchev–Trinajstić information content (AvgIpc) is 3.09. The van der Waals surface area contributed by atoms with E-state index in [2.05, 4.69) is 0 Å². The number of ether oxygens (including phenoxy) is 1. The van der Waals surface area contributed by atoms with Crippen molar-refractivity contribution in [1.82, 2.24) is 4.90 Å². The van der Waals surface area contributed by atoms with Crippen LogP contribution >= 0.6 is 0 Å². The minimum Gasteiger partial charge on any atom is -0.466 e. The number of hydrogen-bond donors (Lipinski definition) is 1. The zero-order chi connectivity index (χ0) is 22.0. The monoisotopic (exact) mass is 415 g/mol. The first kappa shape index (κ1) is 24.1. The molecule has 1 aromatic rings. The molecule has 0 saturated carbocycles. The van der Waals surface area contributed by atoms with E-state index in [0.29, 0.717) is 19.4 Å². The van der Waals surface area contributed by atoms with E-state index in [9.17, 15) is 14.7 Å². The molecular formula is C25H37NO4. The van der Waals surface area contributed by atoms with E-state index in [4.69, 9.17) is 4.74 Å². The minimum atomic E-state index is -0.625. The number of carbonyl (C=O) groups is 2. The molecule has 2 rings (SSSR count). The molecule has 0 radical (unpaired) electrons. The van der Waals surface area contributed by atoms with Gasteiger partial charge in [-0.05, 0) is 31.7 Å². The summed E-state index contributed by atoms with van der Waals surface area (Å²) in [7, 11) is 0. The van der Waals surface area contributed by atoms with Crippen molar-refractivity contribution in [2.75, 3.05) is 13.2 Å². The molecule has 1 aromatic carbocycles. The summed E-state index contributed by atoms with van der Waals surface area (Å²) >= 11 is 0. The lowest BCUT2D eigenvalue weighted by molar-refractivity contribution is -0.143. The molecule has 1 N–H and O–H groups in total. The third kappa shape index (κ3) is 6.98. The summed E-state index contributed by atoms with van der Waals surface area (Å²) < 4.78 is 4.94. The molecule has 5 heteroatoms. The number of amides is 1. The fraction of sp³-hybridized carbons (Fsp3) is 0.600. The van der Waals surface area contributed by atoms with Crippen molar-refractivity contribution >= 4 is 11.9 Å². The zero-order valence-corrected chi connectivity index (χ0v) is 18.7. The molecule has 30 heavy (non-hydrogen) atoms. The predicted octanol–water partition coefficient (Wildman–Crippen LogP) is 4.39. The van der Waals surface area contributed by atoms with Gasteiger partial charge in [0.2, 0.25) is 5.91 Å². The van der Waals surface area contributed by atoms with Crippen molar-refractivity contribution in [2.24, 2.45) is 0 Å². The zero-order valence-electron chi connectivity index (χ0n) is 18.7. The van der Waals surface area contributed by atoms with Crippen molar-refractivity contribution in [3.63, 3.8) is 0 Å². The smallest absolute Gasteiger partial charge is 0.305 e. The van der Waals surface area contributed by atoms with Gasteiger partial charge in [-0.3, -0.25) is 9.59 Å². The minimum absolute atomic E-state index is 0.0539. The summed E-state index contributed by atoms with van der Waals surface area (Å²) in [4.78, 5) is 25.6. The number of carbonyl (C=O) groups excluding carboxylic acids is 2. The number of benzene rings is 1. The molecule has 0 bridgehead atoms. The lowest BCUT2D eigenvalue weighted by Crippen LogP contribution is -2.35. The summed E-state index contributed by atoms with van der Waals surface area (Å²) in [6, 6.07) is 10.1. The molecule has 0 aliphatic carbocycles. The maximum atomic E-state index is 12.3. The van der Waals surface area contributed by atoms with E-state index in [-0.39, 0.29) is 17.9 Å². The molecule has 1 amide bonds. The molecule has 2 atom stereocenters. The Balaban J connectivity index is 1.80. The molecule has 0 spiro atoms.